The Morgan fingerprint density at radius 1 is 1.20 bits per heavy atom. The highest BCUT2D eigenvalue weighted by molar-refractivity contribution is 6.35. The number of carboxylic acids is 1. The van der Waals surface area contributed by atoms with Gasteiger partial charge in [-0.1, -0.05) is 62.2 Å². The van der Waals surface area contributed by atoms with Gasteiger partial charge in [0, 0.05) is 28.8 Å². The van der Waals surface area contributed by atoms with Crippen LogP contribution in [0.3, 0.4) is 0 Å². The number of carbonyl (C=O) groups is 1. The Labute approximate surface area is 214 Å². The van der Waals surface area contributed by atoms with Crippen LogP contribution in [0.1, 0.15) is 32.4 Å². The highest BCUT2D eigenvalue weighted by Crippen LogP contribution is 2.34. The van der Waals surface area contributed by atoms with Crippen molar-refractivity contribution >= 4 is 51.6 Å². The van der Waals surface area contributed by atoms with Gasteiger partial charge in [0.15, 0.2) is 0 Å². The second-order valence-corrected chi connectivity index (χ2v) is 10.1. The van der Waals surface area contributed by atoms with Crippen LogP contribution in [0.25, 0.3) is 10.9 Å². The average Bonchev–Trinajstić information content (AvgIpc) is 2.75. The molecular formula is C24H29Cl2N7O2. The fourth-order valence-electron chi connectivity index (χ4n) is 3.38. The molecule has 0 saturated heterocycles. The molecule has 35 heavy (non-hydrogen) atoms. The number of nitrogens with two attached hydrogens (primary N) is 2. The maximum absolute atomic E-state index is 11.0. The monoisotopic (exact) mass is 517 g/mol. The molecule has 0 saturated carbocycles. The Hall–Kier alpha value is -3.27. The first kappa shape index (κ1) is 26.3. The molecule has 0 fully saturated rings. The summed E-state index contributed by atoms with van der Waals surface area (Å²) in [5, 5.41) is 18.4. The van der Waals surface area contributed by atoms with Gasteiger partial charge in [-0.05, 0) is 29.2 Å². The summed E-state index contributed by atoms with van der Waals surface area (Å²) in [6.07, 6.45) is 2.83. The van der Waals surface area contributed by atoms with E-state index in [2.05, 4.69) is 41.4 Å². The van der Waals surface area contributed by atoms with Crippen LogP contribution in [0.2, 0.25) is 10.0 Å². The smallest absolute Gasteiger partial charge is 0.324 e. The zero-order valence-corrected chi connectivity index (χ0v) is 21.2. The van der Waals surface area contributed by atoms with Gasteiger partial charge in [0.1, 0.15) is 18.7 Å². The number of hydrazine groups is 1. The quantitative estimate of drug-likeness (QED) is 0.203. The normalized spacial score (nSPS) is 12.9. The maximum atomic E-state index is 11.0. The first-order valence-corrected chi connectivity index (χ1v) is 11.6. The van der Waals surface area contributed by atoms with E-state index in [9.17, 15) is 4.79 Å². The Morgan fingerprint density at radius 3 is 2.57 bits per heavy atom. The molecule has 0 spiro atoms. The van der Waals surface area contributed by atoms with Crippen LogP contribution < -0.4 is 22.2 Å². The zero-order chi connectivity index (χ0) is 25.8. The fraction of sp³-hybridized carbons (Fsp3) is 0.292. The molecule has 1 aromatic heterocycles. The second kappa shape index (κ2) is 11.0. The van der Waals surface area contributed by atoms with Crippen molar-refractivity contribution < 1.29 is 9.90 Å². The minimum absolute atomic E-state index is 0.0371. The maximum Gasteiger partial charge on any atom is 0.324 e. The molecule has 0 aliphatic heterocycles. The minimum Gasteiger partial charge on any atom is -0.480 e. The molecule has 0 amide bonds. The molecule has 3 aromatic rings. The van der Waals surface area contributed by atoms with Gasteiger partial charge >= 0.3 is 5.97 Å². The number of carboxylic acid groups (broad SMARTS) is 1. The molecule has 0 aliphatic rings. The molecule has 0 bridgehead atoms. The van der Waals surface area contributed by atoms with E-state index >= 15 is 0 Å². The molecule has 9 nitrogen and oxygen atoms in total. The number of rotatable bonds is 9. The number of aromatic nitrogens is 2. The second-order valence-electron chi connectivity index (χ2n) is 9.28. The molecule has 7 N–H and O–H groups in total. The number of aliphatic carboxylic acids is 1. The van der Waals surface area contributed by atoms with E-state index in [1.165, 1.54) is 12.5 Å². The van der Waals surface area contributed by atoms with Crippen LogP contribution in [-0.4, -0.2) is 39.1 Å². The number of benzene rings is 2. The van der Waals surface area contributed by atoms with E-state index in [-0.39, 0.29) is 11.1 Å². The Bertz CT molecular complexity index is 1240. The van der Waals surface area contributed by atoms with Crippen LogP contribution in [0, 0.1) is 5.41 Å². The standard InChI is InChI=1S/C24H29Cl2N7O2/c1-24(2,3)12-29-23-16-8-14(9-18(26)21(16)30-13-31-23)32-22(15-6-4-5-7-17(15)25)19(27)10-33(28)11-20(34)35/h4-10,13,22,32H,11-12,27-28H2,1-3H3,(H,34,35)(H,29,30,31)/b19-10-. The lowest BCUT2D eigenvalue weighted by atomic mass is 9.97. The summed E-state index contributed by atoms with van der Waals surface area (Å²) >= 11 is 13.1. The van der Waals surface area contributed by atoms with Crippen molar-refractivity contribution in [2.45, 2.75) is 26.8 Å². The molecule has 1 atom stereocenters. The number of halogens is 2. The summed E-state index contributed by atoms with van der Waals surface area (Å²) in [6.45, 7) is 6.65. The van der Waals surface area contributed by atoms with Crippen LogP contribution in [0.4, 0.5) is 11.5 Å². The van der Waals surface area contributed by atoms with Crippen LogP contribution >= 0.6 is 23.2 Å². The molecule has 3 rings (SSSR count). The van der Waals surface area contributed by atoms with E-state index in [1.54, 1.807) is 18.2 Å². The van der Waals surface area contributed by atoms with Crippen molar-refractivity contribution in [3.05, 3.63) is 70.2 Å². The van der Waals surface area contributed by atoms with Crippen molar-refractivity contribution in [2.24, 2.45) is 17.0 Å². The third kappa shape index (κ3) is 7.11. The zero-order valence-electron chi connectivity index (χ0n) is 19.7. The molecule has 186 valence electrons. The van der Waals surface area contributed by atoms with Crippen molar-refractivity contribution in [1.82, 2.24) is 15.0 Å². The van der Waals surface area contributed by atoms with E-state index < -0.39 is 18.6 Å². The molecule has 0 aliphatic carbocycles. The summed E-state index contributed by atoms with van der Waals surface area (Å²) < 4.78 is 0. The lowest BCUT2D eigenvalue weighted by Gasteiger charge is -2.24. The highest BCUT2D eigenvalue weighted by Gasteiger charge is 2.20. The first-order valence-electron chi connectivity index (χ1n) is 10.8. The summed E-state index contributed by atoms with van der Waals surface area (Å²) in [5.41, 5.74) is 8.59. The fourth-order valence-corrected chi connectivity index (χ4v) is 3.90. The van der Waals surface area contributed by atoms with E-state index in [4.69, 9.17) is 39.9 Å². The molecule has 0 radical (unpaired) electrons. The van der Waals surface area contributed by atoms with Crippen molar-refractivity contribution in [3.63, 3.8) is 0 Å². The number of nitrogens with one attached hydrogen (secondary N) is 2. The molecule has 1 heterocycles. The number of fused-ring (bicyclic) bond motifs is 1. The van der Waals surface area contributed by atoms with Crippen molar-refractivity contribution in [3.8, 4) is 0 Å². The van der Waals surface area contributed by atoms with Crippen LogP contribution in [0.5, 0.6) is 0 Å². The molecular weight excluding hydrogens is 489 g/mol. The van der Waals surface area contributed by atoms with Crippen LogP contribution in [-0.2, 0) is 4.79 Å². The van der Waals surface area contributed by atoms with Gasteiger partial charge in [-0.3, -0.25) is 4.79 Å². The topological polar surface area (TPSA) is 142 Å². The van der Waals surface area contributed by atoms with Gasteiger partial charge in [0.05, 0.1) is 22.3 Å². The van der Waals surface area contributed by atoms with Gasteiger partial charge in [0.2, 0.25) is 0 Å². The summed E-state index contributed by atoms with van der Waals surface area (Å²) in [4.78, 5) is 19.8. The Balaban J connectivity index is 2.04. The van der Waals surface area contributed by atoms with Gasteiger partial charge in [-0.15, -0.1) is 0 Å². The number of nitrogens with zero attached hydrogens (tertiary/aromatic N) is 3. The predicted octanol–water partition coefficient (Wildman–Crippen LogP) is 4.61. The number of hydrogen-bond acceptors (Lipinski definition) is 8. The van der Waals surface area contributed by atoms with Gasteiger partial charge in [0.25, 0.3) is 0 Å². The molecule has 2 aromatic carbocycles. The third-order valence-corrected chi connectivity index (χ3v) is 5.60. The first-order chi connectivity index (χ1) is 16.4. The lowest BCUT2D eigenvalue weighted by Crippen LogP contribution is -2.33. The average molecular weight is 518 g/mol. The Kier molecular flexibility index (Phi) is 8.26. The van der Waals surface area contributed by atoms with E-state index in [1.807, 2.05) is 18.2 Å². The van der Waals surface area contributed by atoms with Gasteiger partial charge in [-0.25, -0.2) is 15.8 Å². The summed E-state index contributed by atoms with van der Waals surface area (Å²) in [6, 6.07) is 10.2. The van der Waals surface area contributed by atoms with Gasteiger partial charge in [-0.2, -0.15) is 0 Å². The largest absolute Gasteiger partial charge is 0.480 e. The molecule has 1 unspecified atom stereocenters. The molecule has 11 heteroatoms. The van der Waals surface area contributed by atoms with Gasteiger partial charge < -0.3 is 26.5 Å². The van der Waals surface area contributed by atoms with Crippen molar-refractivity contribution in [2.75, 3.05) is 23.7 Å². The summed E-state index contributed by atoms with van der Waals surface area (Å²) in [7, 11) is 0. The van der Waals surface area contributed by atoms with E-state index in [0.29, 0.717) is 39.2 Å². The number of anilines is 2. The SMILES string of the molecule is CC(C)(C)CNc1ncnc2c(Cl)cc(NC(/C(N)=C/N(N)CC(=O)O)c3ccccc3Cl)cc12. The predicted molar refractivity (Wildman–Crippen MR) is 141 cm³/mol. The number of hydrogen-bond donors (Lipinski definition) is 5. The summed E-state index contributed by atoms with van der Waals surface area (Å²) in [5.74, 6) is 5.37. The van der Waals surface area contributed by atoms with E-state index in [0.717, 1.165) is 10.4 Å². The van der Waals surface area contributed by atoms with Crippen molar-refractivity contribution in [1.29, 1.82) is 0 Å². The highest BCUT2D eigenvalue weighted by atomic mass is 35.5. The lowest BCUT2D eigenvalue weighted by molar-refractivity contribution is -0.137. The Morgan fingerprint density at radius 2 is 1.91 bits per heavy atom. The third-order valence-electron chi connectivity index (χ3n) is 4.97. The van der Waals surface area contributed by atoms with Crippen LogP contribution in [0.15, 0.2) is 54.6 Å². The minimum atomic E-state index is -1.09.